The van der Waals surface area contributed by atoms with Crippen LogP contribution in [0.4, 0.5) is 5.69 Å². The predicted octanol–water partition coefficient (Wildman–Crippen LogP) is 6.06. The lowest BCUT2D eigenvalue weighted by atomic mass is 9.97. The minimum atomic E-state index is 0.187. The number of benzene rings is 2. The van der Waals surface area contributed by atoms with Crippen molar-refractivity contribution in [3.8, 4) is 11.1 Å². The fourth-order valence-electron chi connectivity index (χ4n) is 3.34. The number of hydrogen-bond acceptors (Lipinski definition) is 4. The van der Waals surface area contributed by atoms with E-state index in [0.717, 1.165) is 39.2 Å². The Morgan fingerprint density at radius 2 is 1.85 bits per heavy atom. The molecule has 3 rings (SSSR count). The smallest absolute Gasteiger partial charge is 0.128 e. The maximum Gasteiger partial charge on any atom is 0.128 e. The quantitative estimate of drug-likeness (QED) is 0.256. The molecule has 0 aliphatic rings. The molecule has 2 aromatic carbocycles. The van der Waals surface area contributed by atoms with Crippen molar-refractivity contribution in [3.63, 3.8) is 0 Å². The highest BCUT2D eigenvalue weighted by Crippen LogP contribution is 2.31. The van der Waals surface area contributed by atoms with Gasteiger partial charge in [-0.2, -0.15) is 0 Å². The molecule has 5 nitrogen and oxygen atoms in total. The van der Waals surface area contributed by atoms with Crippen molar-refractivity contribution < 1.29 is 0 Å². The molecule has 0 saturated carbocycles. The zero-order valence-corrected chi connectivity index (χ0v) is 19.3. The molecule has 0 aliphatic heterocycles. The van der Waals surface area contributed by atoms with E-state index in [1.807, 2.05) is 99.9 Å². The van der Waals surface area contributed by atoms with E-state index >= 15 is 0 Å². The fourth-order valence-corrected chi connectivity index (χ4v) is 3.34. The second-order valence-electron chi connectivity index (χ2n) is 7.63. The summed E-state index contributed by atoms with van der Waals surface area (Å²) in [6.07, 6.45) is 11.0. The van der Waals surface area contributed by atoms with Gasteiger partial charge in [0, 0.05) is 29.2 Å². The first kappa shape index (κ1) is 23.5. The Morgan fingerprint density at radius 3 is 2.58 bits per heavy atom. The van der Waals surface area contributed by atoms with Crippen molar-refractivity contribution in [1.29, 1.82) is 5.41 Å². The third-order valence-electron chi connectivity index (χ3n) is 4.99. The Kier molecular flexibility index (Phi) is 8.19. The van der Waals surface area contributed by atoms with Crippen LogP contribution in [0.25, 0.3) is 11.1 Å². The Labute approximate surface area is 195 Å². The monoisotopic (exact) mass is 435 g/mol. The lowest BCUT2D eigenvalue weighted by Gasteiger charge is -2.13. The summed E-state index contributed by atoms with van der Waals surface area (Å²) in [6.45, 7) is 6.09. The number of amidine groups is 1. The lowest BCUT2D eigenvalue weighted by Crippen LogP contribution is -2.17. The van der Waals surface area contributed by atoms with Gasteiger partial charge in [0.15, 0.2) is 0 Å². The van der Waals surface area contributed by atoms with Gasteiger partial charge in [-0.15, -0.1) is 0 Å². The van der Waals surface area contributed by atoms with Crippen molar-refractivity contribution in [2.24, 2.45) is 15.7 Å². The second-order valence-corrected chi connectivity index (χ2v) is 7.63. The molecule has 5 heteroatoms. The van der Waals surface area contributed by atoms with Gasteiger partial charge in [-0.05, 0) is 55.7 Å². The van der Waals surface area contributed by atoms with Gasteiger partial charge in [0.2, 0.25) is 0 Å². The van der Waals surface area contributed by atoms with Crippen LogP contribution >= 0.6 is 0 Å². The number of allylic oxidation sites excluding steroid dienone is 3. The van der Waals surface area contributed by atoms with Crippen molar-refractivity contribution in [3.05, 3.63) is 108 Å². The number of rotatable bonds is 8. The van der Waals surface area contributed by atoms with Crippen LogP contribution in [-0.4, -0.2) is 28.8 Å². The molecule has 0 spiro atoms. The molecular weight excluding hydrogens is 406 g/mol. The van der Waals surface area contributed by atoms with Crippen LogP contribution in [0.5, 0.6) is 0 Å². The normalized spacial score (nSPS) is 12.6. The third kappa shape index (κ3) is 6.43. The number of nitrogens with two attached hydrogens (primary N) is 1. The molecule has 0 saturated heterocycles. The fraction of sp³-hybridized carbons (Fsp3) is 0.143. The number of nitrogens with zero attached hydrogens (tertiary/aromatic N) is 3. The van der Waals surface area contributed by atoms with E-state index in [4.69, 9.17) is 16.1 Å². The highest BCUT2D eigenvalue weighted by molar-refractivity contribution is 6.10. The summed E-state index contributed by atoms with van der Waals surface area (Å²) in [5.74, 6) is 0.354. The summed E-state index contributed by atoms with van der Waals surface area (Å²) in [5.41, 5.74) is 13.2. The van der Waals surface area contributed by atoms with Crippen molar-refractivity contribution in [2.45, 2.75) is 20.8 Å². The average Bonchev–Trinajstić information content (AvgIpc) is 2.83. The van der Waals surface area contributed by atoms with Crippen LogP contribution in [0.1, 0.15) is 30.5 Å². The van der Waals surface area contributed by atoms with Crippen LogP contribution in [-0.2, 0) is 0 Å². The van der Waals surface area contributed by atoms with Gasteiger partial charge >= 0.3 is 0 Å². The van der Waals surface area contributed by atoms with Gasteiger partial charge in [0.25, 0.3) is 0 Å². The van der Waals surface area contributed by atoms with Crippen LogP contribution in [0, 0.1) is 12.3 Å². The molecular formula is C28H29N5. The van der Waals surface area contributed by atoms with E-state index in [1.54, 1.807) is 6.08 Å². The minimum Gasteiger partial charge on any atom is -0.383 e. The first-order valence-corrected chi connectivity index (χ1v) is 10.8. The standard InChI is InChI=1S/C28H29N5/c1-4-5-7-13-24(29)19-32-28(30)27-25(22-11-8-6-9-12-22)14-10-15-26(27)33-21(3)23-16-20(2)17-31-18-23/h4-18,29H,19H2,1-3H3,(H2,30,32)/b5-4-,13-7-,29-24?,33-21?. The minimum absolute atomic E-state index is 0.187. The molecule has 0 fully saturated rings. The largest absolute Gasteiger partial charge is 0.383 e. The molecule has 33 heavy (non-hydrogen) atoms. The van der Waals surface area contributed by atoms with E-state index in [2.05, 4.69) is 16.0 Å². The highest BCUT2D eigenvalue weighted by Gasteiger charge is 2.14. The van der Waals surface area contributed by atoms with Crippen LogP contribution < -0.4 is 5.73 Å². The SMILES string of the molecule is C/C=C\C=C/C(=N)CN=C(N)c1c(N=C(C)c2cncc(C)c2)cccc1-c1ccccc1. The molecule has 0 unspecified atom stereocenters. The maximum atomic E-state index is 8.12. The van der Waals surface area contributed by atoms with Gasteiger partial charge < -0.3 is 11.1 Å². The van der Waals surface area contributed by atoms with E-state index in [9.17, 15) is 0 Å². The number of aryl methyl sites for hydroxylation is 1. The molecule has 0 aliphatic carbocycles. The summed E-state index contributed by atoms with van der Waals surface area (Å²) in [6, 6.07) is 18.0. The zero-order chi connectivity index (χ0) is 23.6. The molecule has 0 bridgehead atoms. The molecule has 1 heterocycles. The summed E-state index contributed by atoms with van der Waals surface area (Å²) >= 11 is 0. The number of nitrogens with one attached hydrogen (secondary N) is 1. The first-order valence-electron chi connectivity index (χ1n) is 10.8. The Balaban J connectivity index is 2.08. The van der Waals surface area contributed by atoms with Crippen LogP contribution in [0.15, 0.2) is 101 Å². The topological polar surface area (TPSA) is 87.5 Å². The third-order valence-corrected chi connectivity index (χ3v) is 4.99. The second kappa shape index (κ2) is 11.5. The first-order chi connectivity index (χ1) is 16.0. The van der Waals surface area contributed by atoms with Gasteiger partial charge in [-0.1, -0.05) is 60.7 Å². The summed E-state index contributed by atoms with van der Waals surface area (Å²) < 4.78 is 0. The van der Waals surface area contributed by atoms with Crippen molar-refractivity contribution >= 4 is 22.9 Å². The van der Waals surface area contributed by atoms with E-state index in [-0.39, 0.29) is 6.54 Å². The average molecular weight is 436 g/mol. The van der Waals surface area contributed by atoms with Crippen LogP contribution in [0.3, 0.4) is 0 Å². The molecule has 1 aromatic heterocycles. The summed E-state index contributed by atoms with van der Waals surface area (Å²) in [4.78, 5) is 13.7. The maximum absolute atomic E-state index is 8.12. The number of pyridine rings is 1. The lowest BCUT2D eigenvalue weighted by molar-refractivity contribution is 1.24. The zero-order valence-electron chi connectivity index (χ0n) is 19.3. The summed E-state index contributed by atoms with van der Waals surface area (Å²) in [7, 11) is 0. The molecule has 0 amide bonds. The number of aliphatic imine (C=N–C) groups is 2. The molecule has 3 aromatic rings. The Hall–Kier alpha value is -4.12. The van der Waals surface area contributed by atoms with E-state index < -0.39 is 0 Å². The molecule has 0 atom stereocenters. The summed E-state index contributed by atoms with van der Waals surface area (Å²) in [5, 5.41) is 8.12. The number of hydrogen-bond donors (Lipinski definition) is 2. The van der Waals surface area contributed by atoms with Crippen molar-refractivity contribution in [2.75, 3.05) is 6.54 Å². The van der Waals surface area contributed by atoms with Crippen molar-refractivity contribution in [1.82, 2.24) is 4.98 Å². The van der Waals surface area contributed by atoms with Gasteiger partial charge in [0.05, 0.1) is 17.9 Å². The number of aromatic nitrogens is 1. The highest BCUT2D eigenvalue weighted by atomic mass is 14.9. The molecule has 0 radical (unpaired) electrons. The van der Waals surface area contributed by atoms with Gasteiger partial charge in [0.1, 0.15) is 5.84 Å². The van der Waals surface area contributed by atoms with E-state index in [1.165, 1.54) is 0 Å². The molecule has 166 valence electrons. The van der Waals surface area contributed by atoms with Gasteiger partial charge in [-0.25, -0.2) is 0 Å². The van der Waals surface area contributed by atoms with Crippen LogP contribution in [0.2, 0.25) is 0 Å². The molecule has 3 N–H and O–H groups in total. The Morgan fingerprint density at radius 1 is 1.06 bits per heavy atom. The van der Waals surface area contributed by atoms with E-state index in [0.29, 0.717) is 11.5 Å². The van der Waals surface area contributed by atoms with Gasteiger partial charge in [-0.3, -0.25) is 15.0 Å². The Bertz CT molecular complexity index is 1230. The predicted molar refractivity (Wildman–Crippen MR) is 140 cm³/mol.